The molecule has 0 spiro atoms. The van der Waals surface area contributed by atoms with Gasteiger partial charge in [-0.1, -0.05) is 92.7 Å². The Morgan fingerprint density at radius 1 is 0.522 bits per heavy atom. The molecule has 1 aliphatic carbocycles. The fraction of sp³-hybridized carbons (Fsp3) is 0.143. The second-order valence-corrected chi connectivity index (χ2v) is 12.9. The molecule has 8 rings (SSSR count). The van der Waals surface area contributed by atoms with Crippen LogP contribution >= 0.6 is 0 Å². The Morgan fingerprint density at radius 2 is 1.04 bits per heavy atom. The molecule has 0 unspecified atom stereocenters. The van der Waals surface area contributed by atoms with Gasteiger partial charge in [-0.15, -0.1) is 0 Å². The number of anilines is 3. The van der Waals surface area contributed by atoms with E-state index in [2.05, 4.69) is 124 Å². The lowest BCUT2D eigenvalue weighted by Crippen LogP contribution is -2.30. The van der Waals surface area contributed by atoms with E-state index in [-0.39, 0.29) is 11.2 Å². The van der Waals surface area contributed by atoms with Gasteiger partial charge in [0.1, 0.15) is 5.82 Å². The highest BCUT2D eigenvalue weighted by Crippen LogP contribution is 2.52. The molecule has 0 amide bonds. The third kappa shape index (κ3) is 4.47. The maximum absolute atomic E-state index is 13.8. The summed E-state index contributed by atoms with van der Waals surface area (Å²) in [6.45, 7) is 10.9. The lowest BCUT2D eigenvalue weighted by atomic mass is 9.73. The zero-order chi connectivity index (χ0) is 32.3. The summed E-state index contributed by atoms with van der Waals surface area (Å²) >= 11 is 0. The minimum Gasteiger partial charge on any atom is -0.397 e. The van der Waals surface area contributed by atoms with Crippen LogP contribution in [-0.4, -0.2) is 0 Å². The van der Waals surface area contributed by atoms with E-state index < -0.39 is 0 Å². The maximum Gasteiger partial charge on any atom is 0.131 e. The van der Waals surface area contributed by atoms with Crippen molar-refractivity contribution in [1.82, 2.24) is 0 Å². The summed E-state index contributed by atoms with van der Waals surface area (Å²) in [6.07, 6.45) is 0. The van der Waals surface area contributed by atoms with E-state index >= 15 is 0 Å². The Bertz CT molecular complexity index is 2110. The van der Waals surface area contributed by atoms with Crippen molar-refractivity contribution in [2.45, 2.75) is 40.0 Å². The van der Waals surface area contributed by atoms with Gasteiger partial charge in [-0.2, -0.15) is 0 Å². The lowest BCUT2D eigenvalue weighted by Gasteiger charge is -2.42. The van der Waals surface area contributed by atoms with E-state index in [1.54, 1.807) is 6.07 Å². The number of fused-ring (bicyclic) bond motifs is 2. The van der Waals surface area contributed by atoms with Crippen molar-refractivity contribution in [2.75, 3.05) is 4.90 Å². The molecular formula is C42H38FN3. The zero-order valence-corrected chi connectivity index (χ0v) is 26.9. The number of hydrogen-bond acceptors (Lipinski definition) is 3. The number of para-hydroxylation sites is 2. The van der Waals surface area contributed by atoms with E-state index in [9.17, 15) is 4.39 Å². The highest BCUT2D eigenvalue weighted by atomic mass is 19.1. The van der Waals surface area contributed by atoms with E-state index in [4.69, 9.17) is 11.5 Å². The molecule has 3 nitrogen and oxygen atoms in total. The Balaban J connectivity index is 0.000000177. The van der Waals surface area contributed by atoms with Gasteiger partial charge in [-0.3, -0.25) is 0 Å². The molecule has 4 N–H and O–H groups in total. The second-order valence-electron chi connectivity index (χ2n) is 12.9. The van der Waals surface area contributed by atoms with E-state index in [1.807, 2.05) is 19.1 Å². The van der Waals surface area contributed by atoms with Crippen molar-refractivity contribution in [2.24, 2.45) is 11.5 Å². The zero-order valence-electron chi connectivity index (χ0n) is 26.9. The van der Waals surface area contributed by atoms with Gasteiger partial charge in [0.2, 0.25) is 0 Å². The van der Waals surface area contributed by atoms with Gasteiger partial charge >= 0.3 is 0 Å². The first kappa shape index (κ1) is 29.4. The van der Waals surface area contributed by atoms with Crippen molar-refractivity contribution in [3.8, 4) is 11.1 Å². The fourth-order valence-electron chi connectivity index (χ4n) is 7.27. The van der Waals surface area contributed by atoms with E-state index in [0.29, 0.717) is 16.8 Å². The molecule has 228 valence electrons. The van der Waals surface area contributed by atoms with Crippen molar-refractivity contribution in [1.29, 1.82) is 0 Å². The Labute approximate surface area is 270 Å². The molecule has 46 heavy (non-hydrogen) atoms. The summed E-state index contributed by atoms with van der Waals surface area (Å²) < 4.78 is 13.8. The molecule has 6 aromatic rings. The molecule has 0 radical (unpaired) electrons. The average molecular weight is 604 g/mol. The monoisotopic (exact) mass is 603 g/mol. The van der Waals surface area contributed by atoms with E-state index in [0.717, 1.165) is 22.1 Å². The van der Waals surface area contributed by atoms with Crippen LogP contribution in [0.25, 0.3) is 33.3 Å². The molecule has 1 heterocycles. The SMILES string of the molecule is Cc1ccc2c3c(ccc(F)c13)C(N)=C2N.Cc1ccccc1-c1ccc(N2c3ccccc3C(C)(C)c3ccccc32)cc1C. The predicted octanol–water partition coefficient (Wildman–Crippen LogP) is 10.4. The summed E-state index contributed by atoms with van der Waals surface area (Å²) in [6, 6.07) is 40.0. The van der Waals surface area contributed by atoms with Crippen LogP contribution in [-0.2, 0) is 5.41 Å². The predicted molar refractivity (Wildman–Crippen MR) is 192 cm³/mol. The van der Waals surface area contributed by atoms with Gasteiger partial charge in [0.15, 0.2) is 0 Å². The Morgan fingerprint density at radius 3 is 1.65 bits per heavy atom. The smallest absolute Gasteiger partial charge is 0.131 e. The summed E-state index contributed by atoms with van der Waals surface area (Å²) in [5, 5.41) is 1.47. The first-order valence-corrected chi connectivity index (χ1v) is 15.7. The first-order valence-electron chi connectivity index (χ1n) is 15.7. The highest BCUT2D eigenvalue weighted by molar-refractivity contribution is 6.13. The van der Waals surface area contributed by atoms with Gasteiger partial charge in [-0.25, -0.2) is 4.39 Å². The number of rotatable bonds is 2. The molecule has 0 fully saturated rings. The molecule has 0 atom stereocenters. The van der Waals surface area contributed by atoms with Gasteiger partial charge < -0.3 is 16.4 Å². The summed E-state index contributed by atoms with van der Waals surface area (Å²) in [7, 11) is 0. The number of benzene rings is 6. The first-order chi connectivity index (χ1) is 22.1. The third-order valence-electron chi connectivity index (χ3n) is 9.73. The van der Waals surface area contributed by atoms with Crippen LogP contribution in [0.1, 0.15) is 52.8 Å². The summed E-state index contributed by atoms with van der Waals surface area (Å²) in [4.78, 5) is 2.42. The minimum absolute atomic E-state index is 0.0280. The van der Waals surface area contributed by atoms with Gasteiger partial charge in [0, 0.05) is 33.0 Å². The average Bonchev–Trinajstić information content (AvgIpc) is 3.30. The minimum atomic E-state index is -0.222. The molecule has 0 saturated heterocycles. The van der Waals surface area contributed by atoms with Gasteiger partial charge in [-0.05, 0) is 96.1 Å². The van der Waals surface area contributed by atoms with E-state index in [1.165, 1.54) is 56.5 Å². The topological polar surface area (TPSA) is 55.3 Å². The molecule has 4 heteroatoms. The molecule has 2 aliphatic rings. The van der Waals surface area contributed by atoms with Crippen LogP contribution < -0.4 is 16.4 Å². The third-order valence-corrected chi connectivity index (χ3v) is 9.73. The molecule has 0 aromatic heterocycles. The van der Waals surface area contributed by atoms with Crippen LogP contribution in [0.3, 0.4) is 0 Å². The number of nitrogens with zero attached hydrogens (tertiary/aromatic N) is 1. The number of aryl methyl sites for hydroxylation is 3. The molecule has 0 saturated carbocycles. The number of nitrogens with two attached hydrogens (primary N) is 2. The summed E-state index contributed by atoms with van der Waals surface area (Å²) in [5.41, 5.74) is 27.2. The van der Waals surface area contributed by atoms with Crippen molar-refractivity contribution < 1.29 is 4.39 Å². The fourth-order valence-corrected chi connectivity index (χ4v) is 7.27. The van der Waals surface area contributed by atoms with Crippen LogP contribution in [0.2, 0.25) is 0 Å². The van der Waals surface area contributed by atoms with Crippen LogP contribution in [0, 0.1) is 26.6 Å². The van der Waals surface area contributed by atoms with Crippen LogP contribution in [0.4, 0.5) is 21.5 Å². The normalized spacial score (nSPS) is 14.1. The van der Waals surface area contributed by atoms with Crippen LogP contribution in [0.15, 0.2) is 115 Å². The Hall–Kier alpha value is -5.35. The standard InChI is InChI=1S/C29H27N.C13H11FN2/c1-20-11-5-6-12-23(20)24-18-17-22(19-21(24)2)30-27-15-9-7-13-25(27)29(3,4)26-14-8-10-16-28(26)30;1-6-2-3-7-11-8(13(16)12(7)15)4-5-9(14)10(6)11/h5-19H,1-4H3;2-5H,15-16H2,1H3. The Kier molecular flexibility index (Phi) is 6.97. The van der Waals surface area contributed by atoms with Crippen LogP contribution in [0.5, 0.6) is 0 Å². The molecule has 1 aliphatic heterocycles. The number of halogens is 1. The molecular weight excluding hydrogens is 565 g/mol. The van der Waals surface area contributed by atoms with Crippen molar-refractivity contribution >= 4 is 39.2 Å². The highest BCUT2D eigenvalue weighted by Gasteiger charge is 2.36. The number of hydrogen-bond donors (Lipinski definition) is 2. The molecule has 0 bridgehead atoms. The second kappa shape index (κ2) is 10.9. The molecule has 6 aromatic carbocycles. The summed E-state index contributed by atoms with van der Waals surface area (Å²) in [5.74, 6) is -0.222. The quantitative estimate of drug-likeness (QED) is 0.207. The lowest BCUT2D eigenvalue weighted by molar-refractivity contribution is 0.632. The van der Waals surface area contributed by atoms with Gasteiger partial charge in [0.05, 0.1) is 22.8 Å². The van der Waals surface area contributed by atoms with Gasteiger partial charge in [0.25, 0.3) is 0 Å². The maximum atomic E-state index is 13.8. The van der Waals surface area contributed by atoms with Crippen molar-refractivity contribution in [3.05, 3.63) is 160 Å². The largest absolute Gasteiger partial charge is 0.397 e. The van der Waals surface area contributed by atoms with Crippen molar-refractivity contribution in [3.63, 3.8) is 0 Å².